The van der Waals surface area contributed by atoms with E-state index in [2.05, 4.69) is 53.7 Å². The average Bonchev–Trinajstić information content (AvgIpc) is 3.00. The first-order valence-corrected chi connectivity index (χ1v) is 9.83. The van der Waals surface area contributed by atoms with Gasteiger partial charge in [-0.3, -0.25) is 0 Å². The van der Waals surface area contributed by atoms with Crippen molar-refractivity contribution in [2.24, 2.45) is 5.92 Å². The maximum absolute atomic E-state index is 6.25. The number of imidazole rings is 1. The van der Waals surface area contributed by atoms with Crippen LogP contribution in [0.5, 0.6) is 0 Å². The van der Waals surface area contributed by atoms with Crippen LogP contribution in [0.25, 0.3) is 21.9 Å². The van der Waals surface area contributed by atoms with E-state index in [1.54, 1.807) is 11.8 Å². The summed E-state index contributed by atoms with van der Waals surface area (Å²) < 4.78 is 2.31. The molecule has 132 valence electrons. The molecule has 0 aliphatic rings. The predicted molar refractivity (Wildman–Crippen MR) is 110 cm³/mol. The molecule has 0 fully saturated rings. The number of nitrogens with zero attached hydrogens (tertiary/aromatic N) is 3. The van der Waals surface area contributed by atoms with Gasteiger partial charge in [-0.25, -0.2) is 9.97 Å². The summed E-state index contributed by atoms with van der Waals surface area (Å²) >= 11 is 1.75. The summed E-state index contributed by atoms with van der Waals surface area (Å²) in [6, 6.07) is 18.6. The van der Waals surface area contributed by atoms with Gasteiger partial charge in [0.2, 0.25) is 0 Å². The predicted octanol–water partition coefficient (Wildman–Crippen LogP) is 5.12. The first-order valence-electron chi connectivity index (χ1n) is 8.84. The van der Waals surface area contributed by atoms with Crippen LogP contribution in [-0.4, -0.2) is 14.5 Å². The molecule has 4 nitrogen and oxygen atoms in total. The van der Waals surface area contributed by atoms with Gasteiger partial charge in [0.25, 0.3) is 0 Å². The number of fused-ring (bicyclic) bond motifs is 3. The first-order chi connectivity index (χ1) is 12.6. The lowest BCUT2D eigenvalue weighted by atomic mass is 10.1. The molecular formula is C21H22N4S. The van der Waals surface area contributed by atoms with Crippen molar-refractivity contribution in [3.05, 3.63) is 60.2 Å². The highest BCUT2D eigenvalue weighted by atomic mass is 32.2. The van der Waals surface area contributed by atoms with Crippen molar-refractivity contribution in [2.45, 2.75) is 31.3 Å². The fourth-order valence-corrected chi connectivity index (χ4v) is 4.17. The first kappa shape index (κ1) is 16.9. The van der Waals surface area contributed by atoms with E-state index < -0.39 is 0 Å². The Morgan fingerprint density at radius 3 is 2.50 bits per heavy atom. The Morgan fingerprint density at radius 2 is 1.73 bits per heavy atom. The van der Waals surface area contributed by atoms with Crippen LogP contribution in [0.4, 0.5) is 5.82 Å². The number of hydrogen-bond donors (Lipinski definition) is 1. The van der Waals surface area contributed by atoms with E-state index in [0.29, 0.717) is 11.7 Å². The molecule has 4 aromatic rings. The van der Waals surface area contributed by atoms with Crippen LogP contribution in [0.15, 0.2) is 59.8 Å². The van der Waals surface area contributed by atoms with E-state index >= 15 is 0 Å². The summed E-state index contributed by atoms with van der Waals surface area (Å²) in [5.74, 6) is 1.90. The standard InChI is InChI=1S/C21H22N4S/c1-14(2)12-25-19-16-10-6-7-11-17(16)23-20(22)18(19)24-21(25)26-13-15-8-4-3-5-9-15/h3-11,14H,12-13H2,1-2H3,(H2,22,23). The zero-order valence-corrected chi connectivity index (χ0v) is 15.8. The number of pyridine rings is 1. The Kier molecular flexibility index (Phi) is 4.55. The number of nitrogen functional groups attached to an aromatic ring is 1. The number of hydrogen-bond acceptors (Lipinski definition) is 4. The summed E-state index contributed by atoms with van der Waals surface area (Å²) in [5.41, 5.74) is 10.4. The third-order valence-corrected chi connectivity index (χ3v) is 5.38. The fourth-order valence-electron chi connectivity index (χ4n) is 3.20. The number of nitrogens with two attached hydrogens (primary N) is 1. The summed E-state index contributed by atoms with van der Waals surface area (Å²) in [6.07, 6.45) is 0. The second-order valence-corrected chi connectivity index (χ2v) is 7.83. The van der Waals surface area contributed by atoms with E-state index in [1.807, 2.05) is 24.3 Å². The van der Waals surface area contributed by atoms with Crippen LogP contribution in [-0.2, 0) is 12.3 Å². The number of para-hydroxylation sites is 1. The highest BCUT2D eigenvalue weighted by molar-refractivity contribution is 7.98. The van der Waals surface area contributed by atoms with Crippen LogP contribution < -0.4 is 5.73 Å². The molecule has 2 aromatic heterocycles. The SMILES string of the molecule is CC(C)Cn1c(SCc2ccccc2)nc2c(N)nc3ccccc3c21. The highest BCUT2D eigenvalue weighted by Crippen LogP contribution is 2.33. The maximum Gasteiger partial charge on any atom is 0.169 e. The molecule has 4 rings (SSSR count). The molecule has 0 amide bonds. The van der Waals surface area contributed by atoms with Crippen molar-refractivity contribution < 1.29 is 0 Å². The van der Waals surface area contributed by atoms with Crippen molar-refractivity contribution in [1.29, 1.82) is 0 Å². The molecule has 5 heteroatoms. The average molecular weight is 363 g/mol. The third-order valence-electron chi connectivity index (χ3n) is 4.33. The number of rotatable bonds is 5. The van der Waals surface area contributed by atoms with Gasteiger partial charge in [-0.15, -0.1) is 0 Å². The zero-order valence-electron chi connectivity index (χ0n) is 15.0. The minimum atomic E-state index is 0.503. The molecule has 0 saturated heterocycles. The molecule has 0 aliphatic heterocycles. The summed E-state index contributed by atoms with van der Waals surface area (Å²) in [7, 11) is 0. The van der Waals surface area contributed by atoms with Gasteiger partial charge in [-0.05, 0) is 17.5 Å². The van der Waals surface area contributed by atoms with Crippen LogP contribution >= 0.6 is 11.8 Å². The van der Waals surface area contributed by atoms with Gasteiger partial charge in [0.15, 0.2) is 11.0 Å². The van der Waals surface area contributed by atoms with Gasteiger partial charge in [0.1, 0.15) is 5.52 Å². The lowest BCUT2D eigenvalue weighted by Gasteiger charge is -2.12. The quantitative estimate of drug-likeness (QED) is 0.501. The second-order valence-electron chi connectivity index (χ2n) is 6.88. The van der Waals surface area contributed by atoms with Crippen LogP contribution in [0.3, 0.4) is 0 Å². The lowest BCUT2D eigenvalue weighted by Crippen LogP contribution is -2.06. The summed E-state index contributed by atoms with van der Waals surface area (Å²) in [6.45, 7) is 5.36. The monoisotopic (exact) mass is 362 g/mol. The molecule has 0 radical (unpaired) electrons. The minimum Gasteiger partial charge on any atom is -0.382 e. The van der Waals surface area contributed by atoms with Crippen LogP contribution in [0.2, 0.25) is 0 Å². The second kappa shape index (κ2) is 7.00. The Labute approximate surface area is 157 Å². The Hall–Kier alpha value is -2.53. The van der Waals surface area contributed by atoms with Gasteiger partial charge in [-0.2, -0.15) is 0 Å². The molecule has 2 heterocycles. The van der Waals surface area contributed by atoms with Crippen LogP contribution in [0, 0.1) is 5.92 Å². The van der Waals surface area contributed by atoms with Gasteiger partial charge in [0.05, 0.1) is 11.0 Å². The molecule has 0 saturated carbocycles. The molecule has 0 bridgehead atoms. The van der Waals surface area contributed by atoms with Gasteiger partial charge in [0, 0.05) is 17.7 Å². The van der Waals surface area contributed by atoms with Crippen molar-refractivity contribution in [3.63, 3.8) is 0 Å². The highest BCUT2D eigenvalue weighted by Gasteiger charge is 2.18. The maximum atomic E-state index is 6.25. The van der Waals surface area contributed by atoms with E-state index in [4.69, 9.17) is 10.7 Å². The van der Waals surface area contributed by atoms with E-state index in [9.17, 15) is 0 Å². The largest absolute Gasteiger partial charge is 0.382 e. The topological polar surface area (TPSA) is 56.7 Å². The van der Waals surface area contributed by atoms with Crippen molar-refractivity contribution in [1.82, 2.24) is 14.5 Å². The number of anilines is 1. The van der Waals surface area contributed by atoms with Crippen LogP contribution in [0.1, 0.15) is 19.4 Å². The summed E-state index contributed by atoms with van der Waals surface area (Å²) in [4.78, 5) is 9.42. The Balaban J connectivity index is 1.86. The number of thioether (sulfide) groups is 1. The van der Waals surface area contributed by atoms with Crippen molar-refractivity contribution in [2.75, 3.05) is 5.73 Å². The summed E-state index contributed by atoms with van der Waals surface area (Å²) in [5, 5.41) is 2.11. The zero-order chi connectivity index (χ0) is 18.1. The molecule has 0 atom stereocenters. The molecular weight excluding hydrogens is 340 g/mol. The van der Waals surface area contributed by atoms with Gasteiger partial charge >= 0.3 is 0 Å². The molecule has 26 heavy (non-hydrogen) atoms. The van der Waals surface area contributed by atoms with Gasteiger partial charge < -0.3 is 10.3 Å². The number of aromatic nitrogens is 3. The molecule has 2 aromatic carbocycles. The Morgan fingerprint density at radius 1 is 1.00 bits per heavy atom. The smallest absolute Gasteiger partial charge is 0.169 e. The molecule has 0 spiro atoms. The number of benzene rings is 2. The van der Waals surface area contributed by atoms with E-state index in [1.165, 1.54) is 5.56 Å². The molecule has 0 aliphatic carbocycles. The van der Waals surface area contributed by atoms with E-state index in [0.717, 1.165) is 39.4 Å². The normalized spacial score (nSPS) is 11.7. The van der Waals surface area contributed by atoms with E-state index in [-0.39, 0.29) is 0 Å². The van der Waals surface area contributed by atoms with Gasteiger partial charge in [-0.1, -0.05) is 74.1 Å². The minimum absolute atomic E-state index is 0.503. The molecule has 0 unspecified atom stereocenters. The lowest BCUT2D eigenvalue weighted by molar-refractivity contribution is 0.505. The van der Waals surface area contributed by atoms with Crippen molar-refractivity contribution in [3.8, 4) is 0 Å². The fraction of sp³-hybridized carbons (Fsp3) is 0.238. The Bertz CT molecular complexity index is 1050. The van der Waals surface area contributed by atoms with Crippen molar-refractivity contribution >= 4 is 39.5 Å². The molecule has 2 N–H and O–H groups in total. The third kappa shape index (κ3) is 3.15.